The molecule has 0 saturated carbocycles. The highest BCUT2D eigenvalue weighted by Gasteiger charge is 2.21. The van der Waals surface area contributed by atoms with E-state index < -0.39 is 24.8 Å². The predicted octanol–water partition coefficient (Wildman–Crippen LogP) is 6.16. The van der Waals surface area contributed by atoms with E-state index in [9.17, 15) is 18.0 Å². The van der Waals surface area contributed by atoms with Gasteiger partial charge in [0.1, 0.15) is 16.9 Å². The average molecular weight is 555 g/mol. The SMILES string of the molecule is Cn1c(Nc2c(F)cccc2Cl)nc2cc(C(=O)Nc3ccc(Br)cc3)c(OCC(F)F)nc21. The number of aryl methyl sites for hydroxylation is 1. The lowest BCUT2D eigenvalue weighted by Gasteiger charge is -2.11. The number of rotatable bonds is 7. The molecule has 176 valence electrons. The summed E-state index contributed by atoms with van der Waals surface area (Å²) in [6.45, 7) is -0.954. The summed E-state index contributed by atoms with van der Waals surface area (Å²) in [6.07, 6.45) is -2.77. The van der Waals surface area contributed by atoms with Gasteiger partial charge in [-0.1, -0.05) is 33.6 Å². The van der Waals surface area contributed by atoms with Crippen LogP contribution in [0.1, 0.15) is 10.4 Å². The molecule has 7 nitrogen and oxygen atoms in total. The Kier molecular flexibility index (Phi) is 6.94. The molecule has 34 heavy (non-hydrogen) atoms. The molecule has 0 saturated heterocycles. The molecule has 2 aromatic heterocycles. The van der Waals surface area contributed by atoms with Crippen LogP contribution in [-0.2, 0) is 7.05 Å². The molecule has 0 bridgehead atoms. The summed E-state index contributed by atoms with van der Waals surface area (Å²) in [6, 6.07) is 12.4. The summed E-state index contributed by atoms with van der Waals surface area (Å²) in [7, 11) is 1.58. The maximum absolute atomic E-state index is 14.2. The van der Waals surface area contributed by atoms with Crippen molar-refractivity contribution in [1.82, 2.24) is 14.5 Å². The van der Waals surface area contributed by atoms with Gasteiger partial charge in [-0.3, -0.25) is 9.36 Å². The molecular weight excluding hydrogens is 539 g/mol. The first kappa shape index (κ1) is 23.8. The molecule has 0 aliphatic carbocycles. The van der Waals surface area contributed by atoms with Gasteiger partial charge in [0, 0.05) is 17.2 Å². The van der Waals surface area contributed by atoms with Crippen LogP contribution in [0.5, 0.6) is 5.88 Å². The standard InChI is InChI=1S/C22H16BrClF3N5O2/c1-32-19-16(29-22(32)30-18-14(24)3-2-4-15(18)25)9-13(21(31-19)34-10-17(26)27)20(33)28-12-7-5-11(23)6-8-12/h2-9,17H,10H2,1H3,(H,28,33)(H,29,30). The van der Waals surface area contributed by atoms with Crippen molar-refractivity contribution in [3.8, 4) is 5.88 Å². The van der Waals surface area contributed by atoms with Crippen molar-refractivity contribution in [2.75, 3.05) is 17.2 Å². The van der Waals surface area contributed by atoms with Gasteiger partial charge in [0.2, 0.25) is 11.8 Å². The maximum atomic E-state index is 14.2. The van der Waals surface area contributed by atoms with Crippen LogP contribution < -0.4 is 15.4 Å². The molecule has 0 unspecified atom stereocenters. The Morgan fingerprint density at radius 2 is 1.94 bits per heavy atom. The zero-order valence-electron chi connectivity index (χ0n) is 17.5. The Morgan fingerprint density at radius 1 is 1.21 bits per heavy atom. The monoisotopic (exact) mass is 553 g/mol. The average Bonchev–Trinajstić information content (AvgIpc) is 3.10. The van der Waals surface area contributed by atoms with E-state index in [0.717, 1.165) is 4.47 Å². The number of pyridine rings is 1. The fourth-order valence-electron chi connectivity index (χ4n) is 3.08. The van der Waals surface area contributed by atoms with Crippen LogP contribution >= 0.6 is 27.5 Å². The number of hydrogen-bond acceptors (Lipinski definition) is 5. The number of fused-ring (bicyclic) bond motifs is 1. The Labute approximate surface area is 205 Å². The van der Waals surface area contributed by atoms with Gasteiger partial charge in [-0.05, 0) is 42.5 Å². The van der Waals surface area contributed by atoms with Crippen LogP contribution in [0, 0.1) is 5.82 Å². The van der Waals surface area contributed by atoms with Crippen molar-refractivity contribution in [2.24, 2.45) is 7.05 Å². The second-order valence-electron chi connectivity index (χ2n) is 7.06. The summed E-state index contributed by atoms with van der Waals surface area (Å²) in [4.78, 5) is 21.5. The topological polar surface area (TPSA) is 81.1 Å². The third kappa shape index (κ3) is 5.10. The van der Waals surface area contributed by atoms with E-state index in [1.807, 2.05) is 0 Å². The number of alkyl halides is 2. The van der Waals surface area contributed by atoms with E-state index in [2.05, 4.69) is 36.5 Å². The van der Waals surface area contributed by atoms with Gasteiger partial charge >= 0.3 is 0 Å². The number of amides is 1. The van der Waals surface area contributed by atoms with E-state index in [-0.39, 0.29) is 39.3 Å². The van der Waals surface area contributed by atoms with Crippen LogP contribution in [0.25, 0.3) is 11.2 Å². The molecule has 0 aliphatic rings. The molecule has 0 spiro atoms. The van der Waals surface area contributed by atoms with Crippen molar-refractivity contribution in [3.05, 3.63) is 69.4 Å². The van der Waals surface area contributed by atoms with Gasteiger partial charge in [-0.25, -0.2) is 18.2 Å². The highest BCUT2D eigenvalue weighted by molar-refractivity contribution is 9.10. The van der Waals surface area contributed by atoms with Crippen molar-refractivity contribution in [3.63, 3.8) is 0 Å². The van der Waals surface area contributed by atoms with Gasteiger partial charge in [0.15, 0.2) is 12.3 Å². The Balaban J connectivity index is 1.74. The zero-order chi connectivity index (χ0) is 24.4. The van der Waals surface area contributed by atoms with E-state index in [0.29, 0.717) is 5.69 Å². The van der Waals surface area contributed by atoms with E-state index in [1.165, 1.54) is 28.8 Å². The lowest BCUT2D eigenvalue weighted by atomic mass is 10.2. The second-order valence-corrected chi connectivity index (χ2v) is 8.39. The Bertz CT molecular complexity index is 1340. The number of ether oxygens (including phenoxy) is 1. The zero-order valence-corrected chi connectivity index (χ0v) is 19.8. The third-order valence-electron chi connectivity index (χ3n) is 4.70. The number of benzene rings is 2. The van der Waals surface area contributed by atoms with Gasteiger partial charge in [0.25, 0.3) is 12.3 Å². The van der Waals surface area contributed by atoms with Crippen molar-refractivity contribution < 1.29 is 22.7 Å². The second kappa shape index (κ2) is 9.90. The quantitative estimate of drug-likeness (QED) is 0.286. The fraction of sp³-hybridized carbons (Fsp3) is 0.136. The first-order valence-electron chi connectivity index (χ1n) is 9.79. The minimum Gasteiger partial charge on any atom is -0.471 e. The summed E-state index contributed by atoms with van der Waals surface area (Å²) >= 11 is 9.39. The molecule has 0 radical (unpaired) electrons. The minimum absolute atomic E-state index is 0.00458. The van der Waals surface area contributed by atoms with Gasteiger partial charge < -0.3 is 15.4 Å². The fourth-order valence-corrected chi connectivity index (χ4v) is 3.56. The third-order valence-corrected chi connectivity index (χ3v) is 5.55. The van der Waals surface area contributed by atoms with Crippen LogP contribution in [-0.4, -0.2) is 33.5 Å². The number of para-hydroxylation sites is 1. The highest BCUT2D eigenvalue weighted by Crippen LogP contribution is 2.30. The van der Waals surface area contributed by atoms with Gasteiger partial charge in [0.05, 0.1) is 10.7 Å². The molecule has 0 fully saturated rings. The van der Waals surface area contributed by atoms with Crippen LogP contribution in [0.2, 0.25) is 5.02 Å². The number of nitrogens with one attached hydrogen (secondary N) is 2. The minimum atomic E-state index is -2.77. The number of imidazole rings is 1. The van der Waals surface area contributed by atoms with E-state index in [1.54, 1.807) is 31.3 Å². The predicted molar refractivity (Wildman–Crippen MR) is 127 cm³/mol. The summed E-state index contributed by atoms with van der Waals surface area (Å²) in [5.41, 5.74) is 0.863. The van der Waals surface area contributed by atoms with Crippen LogP contribution in [0.3, 0.4) is 0 Å². The molecule has 0 aliphatic heterocycles. The van der Waals surface area contributed by atoms with Crippen molar-refractivity contribution in [1.29, 1.82) is 0 Å². The van der Waals surface area contributed by atoms with Crippen molar-refractivity contribution >= 4 is 61.9 Å². The molecular formula is C22H16BrClF3N5O2. The summed E-state index contributed by atoms with van der Waals surface area (Å²) < 4.78 is 47.3. The van der Waals surface area contributed by atoms with Crippen LogP contribution in [0.15, 0.2) is 53.0 Å². The largest absolute Gasteiger partial charge is 0.471 e. The lowest BCUT2D eigenvalue weighted by Crippen LogP contribution is -2.17. The van der Waals surface area contributed by atoms with E-state index in [4.69, 9.17) is 16.3 Å². The number of hydrogen-bond donors (Lipinski definition) is 2. The molecule has 2 heterocycles. The highest BCUT2D eigenvalue weighted by atomic mass is 79.9. The van der Waals surface area contributed by atoms with Gasteiger partial charge in [-0.15, -0.1) is 0 Å². The normalized spacial score (nSPS) is 11.1. The number of nitrogens with zero attached hydrogens (tertiary/aromatic N) is 3. The smallest absolute Gasteiger partial charge is 0.272 e. The molecule has 2 N–H and O–H groups in total. The van der Waals surface area contributed by atoms with Gasteiger partial charge in [-0.2, -0.15) is 4.98 Å². The summed E-state index contributed by atoms with van der Waals surface area (Å²) in [5.74, 6) is -1.35. The Morgan fingerprint density at radius 3 is 2.62 bits per heavy atom. The Hall–Kier alpha value is -3.31. The maximum Gasteiger partial charge on any atom is 0.272 e. The number of aromatic nitrogens is 3. The molecule has 1 amide bonds. The first-order valence-corrected chi connectivity index (χ1v) is 11.0. The van der Waals surface area contributed by atoms with Crippen molar-refractivity contribution in [2.45, 2.75) is 6.43 Å². The number of carbonyl (C=O) groups excluding carboxylic acids is 1. The molecule has 4 rings (SSSR count). The molecule has 2 aromatic carbocycles. The summed E-state index contributed by atoms with van der Waals surface area (Å²) in [5, 5.41) is 5.61. The van der Waals surface area contributed by atoms with Crippen LogP contribution in [0.4, 0.5) is 30.5 Å². The molecule has 0 atom stereocenters. The molecule has 4 aromatic rings. The van der Waals surface area contributed by atoms with E-state index >= 15 is 0 Å². The first-order chi connectivity index (χ1) is 16.2. The number of carbonyl (C=O) groups is 1. The number of anilines is 3. The number of halogens is 5. The molecule has 12 heteroatoms. The lowest BCUT2D eigenvalue weighted by molar-refractivity contribution is 0.0781.